The lowest BCUT2D eigenvalue weighted by atomic mass is 9.77. The average molecular weight is 255 g/mol. The number of rotatable bonds is 4. The van der Waals surface area contributed by atoms with Gasteiger partial charge in [-0.25, -0.2) is 0 Å². The maximum atomic E-state index is 12.3. The van der Waals surface area contributed by atoms with Crippen molar-refractivity contribution >= 4 is 11.9 Å². The zero-order valence-electron chi connectivity index (χ0n) is 11.9. The van der Waals surface area contributed by atoms with E-state index in [0.29, 0.717) is 31.8 Å². The molecule has 0 radical (unpaired) electrons. The molecule has 1 amide bonds. The molecule has 1 fully saturated rings. The van der Waals surface area contributed by atoms with Gasteiger partial charge < -0.3 is 10.0 Å². The van der Waals surface area contributed by atoms with Gasteiger partial charge in [0.1, 0.15) is 0 Å². The minimum Gasteiger partial charge on any atom is -0.481 e. The van der Waals surface area contributed by atoms with Gasteiger partial charge in [0, 0.05) is 19.0 Å². The number of carbonyl (C=O) groups is 2. The lowest BCUT2D eigenvalue weighted by Crippen LogP contribution is -2.51. The Morgan fingerprint density at radius 3 is 2.39 bits per heavy atom. The van der Waals surface area contributed by atoms with Crippen LogP contribution >= 0.6 is 0 Å². The van der Waals surface area contributed by atoms with E-state index in [1.54, 1.807) is 4.90 Å². The summed E-state index contributed by atoms with van der Waals surface area (Å²) in [5.41, 5.74) is -0.732. The van der Waals surface area contributed by atoms with Crippen LogP contribution in [0.25, 0.3) is 0 Å². The average Bonchev–Trinajstić information content (AvgIpc) is 2.36. The molecule has 1 aliphatic rings. The summed E-state index contributed by atoms with van der Waals surface area (Å²) in [4.78, 5) is 25.5. The van der Waals surface area contributed by atoms with Gasteiger partial charge in [0.15, 0.2) is 0 Å². The molecule has 2 unspecified atom stereocenters. The predicted octanol–water partition coefficient (Wildman–Crippen LogP) is 2.38. The molecule has 1 aliphatic heterocycles. The van der Waals surface area contributed by atoms with E-state index in [1.165, 1.54) is 0 Å². The molecule has 1 saturated heterocycles. The quantitative estimate of drug-likeness (QED) is 0.839. The number of aliphatic carboxylic acids is 1. The monoisotopic (exact) mass is 255 g/mol. The van der Waals surface area contributed by atoms with Crippen molar-refractivity contribution in [3.05, 3.63) is 0 Å². The molecule has 1 heterocycles. The van der Waals surface area contributed by atoms with Crippen molar-refractivity contribution in [2.24, 2.45) is 17.3 Å². The number of carboxylic acids is 1. The molecular formula is C14H25NO3. The first-order valence-corrected chi connectivity index (χ1v) is 6.86. The van der Waals surface area contributed by atoms with E-state index in [0.717, 1.165) is 6.42 Å². The van der Waals surface area contributed by atoms with Gasteiger partial charge in [-0.05, 0) is 25.2 Å². The van der Waals surface area contributed by atoms with Gasteiger partial charge in [-0.2, -0.15) is 0 Å². The summed E-state index contributed by atoms with van der Waals surface area (Å²) in [7, 11) is 0. The van der Waals surface area contributed by atoms with Crippen LogP contribution < -0.4 is 0 Å². The van der Waals surface area contributed by atoms with Crippen LogP contribution in [-0.2, 0) is 9.59 Å². The van der Waals surface area contributed by atoms with E-state index in [1.807, 2.05) is 27.7 Å². The molecule has 1 N–H and O–H groups in total. The molecule has 0 aromatic rings. The number of likely N-dealkylation sites (tertiary alicyclic amines) is 1. The molecule has 4 heteroatoms. The normalized spacial score (nSPS) is 26.2. The number of piperidine rings is 1. The lowest BCUT2D eigenvalue weighted by molar-refractivity contribution is -0.156. The van der Waals surface area contributed by atoms with E-state index in [-0.39, 0.29) is 11.8 Å². The SMILES string of the molecule is CCC1(C(=O)O)CCCN(C(=O)C(C)C(C)C)C1. The Morgan fingerprint density at radius 2 is 1.94 bits per heavy atom. The van der Waals surface area contributed by atoms with Crippen LogP contribution in [0, 0.1) is 17.3 Å². The Kier molecular flexibility index (Phi) is 4.77. The smallest absolute Gasteiger partial charge is 0.311 e. The fourth-order valence-corrected chi connectivity index (χ4v) is 2.51. The molecule has 0 saturated carbocycles. The number of hydrogen-bond donors (Lipinski definition) is 1. The number of nitrogens with zero attached hydrogens (tertiary/aromatic N) is 1. The summed E-state index contributed by atoms with van der Waals surface area (Å²) in [5.74, 6) is -0.407. The second-order valence-electron chi connectivity index (χ2n) is 5.84. The maximum absolute atomic E-state index is 12.3. The number of hydrogen-bond acceptors (Lipinski definition) is 2. The third-order valence-corrected chi connectivity index (χ3v) is 4.41. The van der Waals surface area contributed by atoms with Crippen LogP contribution in [0.15, 0.2) is 0 Å². The largest absolute Gasteiger partial charge is 0.481 e. The second-order valence-corrected chi connectivity index (χ2v) is 5.84. The highest BCUT2D eigenvalue weighted by Gasteiger charge is 2.42. The Labute approximate surface area is 109 Å². The molecule has 0 aromatic carbocycles. The van der Waals surface area contributed by atoms with E-state index in [4.69, 9.17) is 0 Å². The summed E-state index contributed by atoms with van der Waals surface area (Å²) in [6.07, 6.45) is 2.05. The molecule has 1 rings (SSSR count). The van der Waals surface area contributed by atoms with Crippen LogP contribution in [0.5, 0.6) is 0 Å². The number of carbonyl (C=O) groups excluding carboxylic acids is 1. The van der Waals surface area contributed by atoms with Crippen molar-refractivity contribution in [3.8, 4) is 0 Å². The summed E-state index contributed by atoms with van der Waals surface area (Å²) >= 11 is 0. The van der Waals surface area contributed by atoms with Crippen molar-refractivity contribution in [2.75, 3.05) is 13.1 Å². The van der Waals surface area contributed by atoms with Crippen molar-refractivity contribution in [2.45, 2.75) is 47.0 Å². The Morgan fingerprint density at radius 1 is 1.33 bits per heavy atom. The fourth-order valence-electron chi connectivity index (χ4n) is 2.51. The first-order chi connectivity index (χ1) is 8.34. The van der Waals surface area contributed by atoms with Crippen molar-refractivity contribution in [1.82, 2.24) is 4.90 Å². The fraction of sp³-hybridized carbons (Fsp3) is 0.857. The minimum atomic E-state index is -0.764. The van der Waals surface area contributed by atoms with Crippen LogP contribution in [0.1, 0.15) is 47.0 Å². The standard InChI is InChI=1S/C14H25NO3/c1-5-14(13(17)18)7-6-8-15(9-14)12(16)11(4)10(2)3/h10-11H,5-9H2,1-4H3,(H,17,18). The predicted molar refractivity (Wildman–Crippen MR) is 70.2 cm³/mol. The highest BCUT2D eigenvalue weighted by Crippen LogP contribution is 2.34. The molecule has 0 aromatic heterocycles. The van der Waals surface area contributed by atoms with Gasteiger partial charge in [-0.15, -0.1) is 0 Å². The lowest BCUT2D eigenvalue weighted by Gasteiger charge is -2.40. The van der Waals surface area contributed by atoms with E-state index in [9.17, 15) is 14.7 Å². The van der Waals surface area contributed by atoms with Crippen LogP contribution in [0.3, 0.4) is 0 Å². The maximum Gasteiger partial charge on any atom is 0.311 e. The Hall–Kier alpha value is -1.06. The summed E-state index contributed by atoms with van der Waals surface area (Å²) in [5, 5.41) is 9.40. The van der Waals surface area contributed by atoms with E-state index >= 15 is 0 Å². The molecule has 0 bridgehead atoms. The molecule has 2 atom stereocenters. The first kappa shape index (κ1) is 15.0. The molecule has 0 spiro atoms. The number of carboxylic acid groups (broad SMARTS) is 1. The van der Waals surface area contributed by atoms with Gasteiger partial charge in [0.25, 0.3) is 0 Å². The van der Waals surface area contributed by atoms with Gasteiger partial charge >= 0.3 is 5.97 Å². The van der Waals surface area contributed by atoms with E-state index < -0.39 is 11.4 Å². The first-order valence-electron chi connectivity index (χ1n) is 6.86. The second kappa shape index (κ2) is 5.72. The summed E-state index contributed by atoms with van der Waals surface area (Å²) < 4.78 is 0. The molecule has 18 heavy (non-hydrogen) atoms. The molecule has 4 nitrogen and oxygen atoms in total. The minimum absolute atomic E-state index is 0.0357. The molecule has 0 aliphatic carbocycles. The van der Waals surface area contributed by atoms with Crippen LogP contribution in [-0.4, -0.2) is 35.0 Å². The summed E-state index contributed by atoms with van der Waals surface area (Å²) in [6, 6.07) is 0. The molecular weight excluding hydrogens is 230 g/mol. The van der Waals surface area contributed by atoms with Gasteiger partial charge in [0.05, 0.1) is 5.41 Å². The van der Waals surface area contributed by atoms with Crippen molar-refractivity contribution in [3.63, 3.8) is 0 Å². The van der Waals surface area contributed by atoms with E-state index in [2.05, 4.69) is 0 Å². The Balaban J connectivity index is 2.81. The van der Waals surface area contributed by atoms with Gasteiger partial charge in [-0.3, -0.25) is 9.59 Å². The van der Waals surface area contributed by atoms with Gasteiger partial charge in [-0.1, -0.05) is 27.7 Å². The van der Waals surface area contributed by atoms with Gasteiger partial charge in [0.2, 0.25) is 5.91 Å². The highest BCUT2D eigenvalue weighted by atomic mass is 16.4. The van der Waals surface area contributed by atoms with Crippen LogP contribution in [0.4, 0.5) is 0 Å². The third-order valence-electron chi connectivity index (χ3n) is 4.41. The number of amides is 1. The Bertz CT molecular complexity index is 327. The summed E-state index contributed by atoms with van der Waals surface area (Å²) in [6.45, 7) is 8.94. The van der Waals surface area contributed by atoms with Crippen molar-refractivity contribution in [1.29, 1.82) is 0 Å². The zero-order chi connectivity index (χ0) is 13.9. The topological polar surface area (TPSA) is 57.6 Å². The third kappa shape index (κ3) is 2.85. The van der Waals surface area contributed by atoms with Crippen molar-refractivity contribution < 1.29 is 14.7 Å². The van der Waals surface area contributed by atoms with Crippen LogP contribution in [0.2, 0.25) is 0 Å². The molecule has 104 valence electrons. The highest BCUT2D eigenvalue weighted by molar-refractivity contribution is 5.81. The zero-order valence-corrected chi connectivity index (χ0v) is 11.9.